The van der Waals surface area contributed by atoms with Crippen LogP contribution >= 0.6 is 11.8 Å². The lowest BCUT2D eigenvalue weighted by Crippen LogP contribution is -2.50. The molecule has 0 bridgehead atoms. The van der Waals surface area contributed by atoms with Crippen molar-refractivity contribution in [1.29, 1.82) is 0 Å². The second kappa shape index (κ2) is 9.60. The smallest absolute Gasteiger partial charge is 0.311 e. The van der Waals surface area contributed by atoms with Gasteiger partial charge < -0.3 is 19.5 Å². The third-order valence-corrected chi connectivity index (χ3v) is 5.65. The third kappa shape index (κ3) is 5.60. The first kappa shape index (κ1) is 20.9. The van der Waals surface area contributed by atoms with Crippen LogP contribution in [-0.4, -0.2) is 65.3 Å². The van der Waals surface area contributed by atoms with E-state index in [1.54, 1.807) is 6.92 Å². The van der Waals surface area contributed by atoms with Crippen molar-refractivity contribution in [2.75, 3.05) is 38.2 Å². The van der Waals surface area contributed by atoms with E-state index in [0.29, 0.717) is 23.9 Å². The Hall–Kier alpha value is -2.81. The van der Waals surface area contributed by atoms with E-state index in [9.17, 15) is 14.4 Å². The zero-order chi connectivity index (χ0) is 20.8. The number of carbonyl (C=O) groups is 2. The maximum atomic E-state index is 12.8. The van der Waals surface area contributed by atoms with Crippen LogP contribution in [0.5, 0.6) is 0 Å². The molecule has 9 heteroatoms. The molecule has 3 rings (SSSR count). The zero-order valence-corrected chi connectivity index (χ0v) is 17.3. The summed E-state index contributed by atoms with van der Waals surface area (Å²) in [4.78, 5) is 47.1. The van der Waals surface area contributed by atoms with Gasteiger partial charge in [-0.2, -0.15) is 0 Å². The number of carbonyl (C=O) groups excluding carboxylic acids is 2. The molecule has 29 heavy (non-hydrogen) atoms. The number of thioether (sulfide) groups is 1. The summed E-state index contributed by atoms with van der Waals surface area (Å²) in [5, 5.41) is -0.0880. The van der Waals surface area contributed by atoms with Crippen LogP contribution in [-0.2, 0) is 20.7 Å². The second-order valence-corrected chi connectivity index (χ2v) is 8.03. The van der Waals surface area contributed by atoms with Gasteiger partial charge in [-0.05, 0) is 19.1 Å². The largest absolute Gasteiger partial charge is 0.469 e. The summed E-state index contributed by atoms with van der Waals surface area (Å²) in [6.07, 6.45) is -0.0856. The van der Waals surface area contributed by atoms with Gasteiger partial charge in [0.25, 0.3) is 5.56 Å². The Balaban J connectivity index is 1.58. The van der Waals surface area contributed by atoms with Gasteiger partial charge in [-0.3, -0.25) is 14.4 Å². The fraction of sp³-hybridized carbons (Fsp3) is 0.400. The first-order valence-corrected chi connectivity index (χ1v) is 10.3. The summed E-state index contributed by atoms with van der Waals surface area (Å²) in [6, 6.07) is 11.4. The maximum Gasteiger partial charge on any atom is 0.311 e. The number of H-pyrrole nitrogens is 1. The number of esters is 1. The van der Waals surface area contributed by atoms with Crippen LogP contribution in [0.25, 0.3) is 0 Å². The topological polar surface area (TPSA) is 95.6 Å². The Kier molecular flexibility index (Phi) is 6.92. The molecular weight excluding hydrogens is 392 g/mol. The Morgan fingerprint density at radius 2 is 1.90 bits per heavy atom. The van der Waals surface area contributed by atoms with Gasteiger partial charge >= 0.3 is 5.97 Å². The normalized spacial score (nSPS) is 15.1. The number of rotatable bonds is 6. The number of nitrogens with zero attached hydrogens (tertiary/aromatic N) is 3. The number of amides is 1. The number of aromatic amines is 1. The highest BCUT2D eigenvalue weighted by Crippen LogP contribution is 2.22. The number of ether oxygens (including phenoxy) is 1. The quantitative estimate of drug-likeness (QED) is 0.431. The molecule has 1 saturated heterocycles. The highest BCUT2D eigenvalue weighted by atomic mass is 32.2. The lowest BCUT2D eigenvalue weighted by molar-refractivity contribution is -0.139. The fourth-order valence-corrected chi connectivity index (χ4v) is 4.06. The summed E-state index contributed by atoms with van der Waals surface area (Å²) in [5.41, 5.74) is 1.11. The predicted molar refractivity (Wildman–Crippen MR) is 111 cm³/mol. The molecular formula is C20H24N4O4S. The molecule has 1 aromatic carbocycles. The monoisotopic (exact) mass is 416 g/mol. The van der Waals surface area contributed by atoms with Crippen LogP contribution in [0.3, 0.4) is 0 Å². The molecule has 1 amide bonds. The van der Waals surface area contributed by atoms with Crippen molar-refractivity contribution in [3.63, 3.8) is 0 Å². The van der Waals surface area contributed by atoms with Crippen LogP contribution in [0.1, 0.15) is 12.6 Å². The lowest BCUT2D eigenvalue weighted by Gasteiger charge is -2.37. The molecule has 1 fully saturated rings. The van der Waals surface area contributed by atoms with E-state index >= 15 is 0 Å². The predicted octanol–water partition coefficient (Wildman–Crippen LogP) is 1.31. The Morgan fingerprint density at radius 1 is 1.21 bits per heavy atom. The SMILES string of the molecule is COC(=O)Cc1cc(=O)[nH]c(S[C@H](C)C(=O)N2CCN(c3ccccc3)CC2)n1. The summed E-state index contributed by atoms with van der Waals surface area (Å²) in [5.74, 6) is -0.469. The van der Waals surface area contributed by atoms with E-state index in [1.807, 2.05) is 23.1 Å². The number of hydrogen-bond acceptors (Lipinski definition) is 7. The minimum atomic E-state index is -0.473. The fourth-order valence-electron chi connectivity index (χ4n) is 3.15. The number of hydrogen-bond donors (Lipinski definition) is 1. The molecule has 0 spiro atoms. The molecule has 0 unspecified atom stereocenters. The first-order chi connectivity index (χ1) is 14.0. The van der Waals surface area contributed by atoms with Crippen molar-refractivity contribution >= 4 is 29.3 Å². The third-order valence-electron chi connectivity index (χ3n) is 4.67. The number of aromatic nitrogens is 2. The molecule has 0 aliphatic carbocycles. The Labute approximate surface area is 173 Å². The van der Waals surface area contributed by atoms with Gasteiger partial charge in [0, 0.05) is 37.9 Å². The molecule has 1 N–H and O–H groups in total. The summed E-state index contributed by atoms with van der Waals surface area (Å²) in [6.45, 7) is 4.63. The van der Waals surface area contributed by atoms with E-state index < -0.39 is 11.2 Å². The van der Waals surface area contributed by atoms with Crippen molar-refractivity contribution in [3.05, 3.63) is 52.4 Å². The van der Waals surface area contributed by atoms with E-state index in [0.717, 1.165) is 18.8 Å². The minimum Gasteiger partial charge on any atom is -0.469 e. The van der Waals surface area contributed by atoms with Gasteiger partial charge in [-0.1, -0.05) is 30.0 Å². The van der Waals surface area contributed by atoms with Crippen molar-refractivity contribution in [1.82, 2.24) is 14.9 Å². The van der Waals surface area contributed by atoms with E-state index in [4.69, 9.17) is 0 Å². The summed E-state index contributed by atoms with van der Waals surface area (Å²) in [7, 11) is 1.28. The molecule has 2 heterocycles. The number of anilines is 1. The van der Waals surface area contributed by atoms with Gasteiger partial charge in [-0.15, -0.1) is 0 Å². The molecule has 1 aromatic heterocycles. The highest BCUT2D eigenvalue weighted by Gasteiger charge is 2.26. The van der Waals surface area contributed by atoms with Crippen LogP contribution in [0.15, 0.2) is 46.3 Å². The van der Waals surface area contributed by atoms with Crippen molar-refractivity contribution in [2.45, 2.75) is 23.8 Å². The maximum absolute atomic E-state index is 12.8. The Bertz CT molecular complexity index is 910. The molecule has 1 atom stereocenters. The molecule has 0 saturated carbocycles. The first-order valence-electron chi connectivity index (χ1n) is 9.39. The number of methoxy groups -OCH3 is 1. The summed E-state index contributed by atoms with van der Waals surface area (Å²) >= 11 is 1.18. The van der Waals surface area contributed by atoms with Crippen molar-refractivity contribution in [2.24, 2.45) is 0 Å². The number of benzene rings is 1. The van der Waals surface area contributed by atoms with Crippen LogP contribution in [0.4, 0.5) is 5.69 Å². The van der Waals surface area contributed by atoms with Gasteiger partial charge in [0.2, 0.25) is 5.91 Å². The van der Waals surface area contributed by atoms with Crippen LogP contribution in [0, 0.1) is 0 Å². The molecule has 0 radical (unpaired) electrons. The average molecular weight is 417 g/mol. The standard InChI is InChI=1S/C20H24N4O4S/c1-14(29-20-21-15(12-17(25)22-20)13-18(26)28-2)19(27)24-10-8-23(9-11-24)16-6-4-3-5-7-16/h3-7,12,14H,8-11,13H2,1-2H3,(H,21,22,25)/t14-/m1/s1. The molecule has 154 valence electrons. The number of nitrogens with one attached hydrogen (secondary N) is 1. The molecule has 1 aliphatic rings. The van der Waals surface area contributed by atoms with Crippen LogP contribution < -0.4 is 10.5 Å². The second-order valence-electron chi connectivity index (χ2n) is 6.70. The summed E-state index contributed by atoms with van der Waals surface area (Å²) < 4.78 is 4.61. The number of para-hydroxylation sites is 1. The van der Waals surface area contributed by atoms with Crippen molar-refractivity contribution < 1.29 is 14.3 Å². The molecule has 2 aromatic rings. The van der Waals surface area contributed by atoms with Gasteiger partial charge in [0.1, 0.15) is 0 Å². The van der Waals surface area contributed by atoms with Gasteiger partial charge in [0.05, 0.1) is 24.5 Å². The van der Waals surface area contributed by atoms with Crippen LogP contribution in [0.2, 0.25) is 0 Å². The van der Waals surface area contributed by atoms with Gasteiger partial charge in [0.15, 0.2) is 5.16 Å². The van der Waals surface area contributed by atoms with Crippen molar-refractivity contribution in [3.8, 4) is 0 Å². The number of piperazine rings is 1. The van der Waals surface area contributed by atoms with Gasteiger partial charge in [-0.25, -0.2) is 4.98 Å². The lowest BCUT2D eigenvalue weighted by atomic mass is 10.2. The van der Waals surface area contributed by atoms with E-state index in [2.05, 4.69) is 31.7 Å². The zero-order valence-electron chi connectivity index (χ0n) is 16.5. The van der Waals surface area contributed by atoms with E-state index in [1.165, 1.54) is 24.9 Å². The van der Waals surface area contributed by atoms with E-state index in [-0.39, 0.29) is 17.9 Å². The average Bonchev–Trinajstić information content (AvgIpc) is 2.73. The molecule has 1 aliphatic heterocycles. The highest BCUT2D eigenvalue weighted by molar-refractivity contribution is 8.00. The molecule has 8 nitrogen and oxygen atoms in total. The Morgan fingerprint density at radius 3 is 2.55 bits per heavy atom. The minimum absolute atomic E-state index is 0.00346.